The minimum atomic E-state index is -3.55. The first-order valence-corrected chi connectivity index (χ1v) is 11.2. The van der Waals surface area contributed by atoms with Crippen molar-refractivity contribution in [1.29, 1.82) is 0 Å². The van der Waals surface area contributed by atoms with Crippen molar-refractivity contribution in [3.8, 4) is 5.75 Å². The Labute approximate surface area is 171 Å². The first kappa shape index (κ1) is 21.3. The summed E-state index contributed by atoms with van der Waals surface area (Å²) in [7, 11) is -3.55. The van der Waals surface area contributed by atoms with Gasteiger partial charge >= 0.3 is 0 Å². The number of benzene rings is 2. The van der Waals surface area contributed by atoms with Gasteiger partial charge < -0.3 is 14.8 Å². The summed E-state index contributed by atoms with van der Waals surface area (Å²) in [6.45, 7) is 4.18. The fourth-order valence-corrected chi connectivity index (χ4v) is 4.32. The molecule has 1 aliphatic rings. The second-order valence-electron chi connectivity index (χ2n) is 6.72. The number of anilines is 1. The first-order chi connectivity index (χ1) is 14.0. The number of amides is 1. The molecule has 0 atom stereocenters. The molecule has 1 heterocycles. The summed E-state index contributed by atoms with van der Waals surface area (Å²) in [6.07, 6.45) is 1.99. The number of ether oxygens (including phenoxy) is 2. The molecule has 1 amide bonds. The average Bonchev–Trinajstić information content (AvgIpc) is 2.75. The third kappa shape index (κ3) is 5.56. The van der Waals surface area contributed by atoms with Gasteiger partial charge in [-0.2, -0.15) is 4.31 Å². The topological polar surface area (TPSA) is 84.9 Å². The minimum Gasteiger partial charge on any atom is -0.494 e. The fourth-order valence-electron chi connectivity index (χ4n) is 2.91. The van der Waals surface area contributed by atoms with E-state index >= 15 is 0 Å². The highest BCUT2D eigenvalue weighted by Gasteiger charge is 2.26. The van der Waals surface area contributed by atoms with E-state index in [1.54, 1.807) is 30.3 Å². The zero-order valence-electron chi connectivity index (χ0n) is 16.5. The lowest BCUT2D eigenvalue weighted by Crippen LogP contribution is -2.40. The molecule has 1 fully saturated rings. The largest absolute Gasteiger partial charge is 0.494 e. The van der Waals surface area contributed by atoms with Gasteiger partial charge in [-0.25, -0.2) is 8.42 Å². The molecule has 0 unspecified atom stereocenters. The molecule has 0 saturated carbocycles. The van der Waals surface area contributed by atoms with Gasteiger partial charge in [0.05, 0.1) is 24.7 Å². The number of carbonyl (C=O) groups excluding carboxylic acids is 1. The minimum absolute atomic E-state index is 0.198. The van der Waals surface area contributed by atoms with Crippen LogP contribution in [0.4, 0.5) is 5.69 Å². The maximum atomic E-state index is 12.7. The highest BCUT2D eigenvalue weighted by molar-refractivity contribution is 7.89. The van der Waals surface area contributed by atoms with Crippen molar-refractivity contribution in [3.05, 3.63) is 54.1 Å². The van der Waals surface area contributed by atoms with Crippen molar-refractivity contribution in [2.24, 2.45) is 0 Å². The Morgan fingerprint density at radius 3 is 2.55 bits per heavy atom. The molecule has 8 heteroatoms. The molecule has 0 aromatic heterocycles. The van der Waals surface area contributed by atoms with Crippen LogP contribution < -0.4 is 10.1 Å². The van der Waals surface area contributed by atoms with E-state index in [9.17, 15) is 13.2 Å². The van der Waals surface area contributed by atoms with Gasteiger partial charge in [0.15, 0.2) is 0 Å². The molecule has 1 N–H and O–H groups in total. The predicted molar refractivity (Wildman–Crippen MR) is 111 cm³/mol. The van der Waals surface area contributed by atoms with Crippen molar-refractivity contribution < 1.29 is 22.7 Å². The van der Waals surface area contributed by atoms with Crippen LogP contribution in [0.1, 0.15) is 30.1 Å². The van der Waals surface area contributed by atoms with Gasteiger partial charge in [0.25, 0.3) is 5.91 Å². The molecule has 0 radical (unpaired) electrons. The summed E-state index contributed by atoms with van der Waals surface area (Å²) >= 11 is 0. The monoisotopic (exact) mass is 418 g/mol. The smallest absolute Gasteiger partial charge is 0.255 e. The molecule has 2 aromatic rings. The van der Waals surface area contributed by atoms with Crippen molar-refractivity contribution in [3.63, 3.8) is 0 Å². The molecule has 1 aliphatic heterocycles. The van der Waals surface area contributed by atoms with Gasteiger partial charge in [0.1, 0.15) is 5.75 Å². The van der Waals surface area contributed by atoms with Crippen LogP contribution in [0.5, 0.6) is 5.75 Å². The Balaban J connectivity index is 1.65. The van der Waals surface area contributed by atoms with E-state index in [1.807, 2.05) is 6.07 Å². The van der Waals surface area contributed by atoms with Crippen molar-refractivity contribution in [1.82, 2.24) is 4.31 Å². The predicted octanol–water partition coefficient (Wildman–Crippen LogP) is 3.14. The van der Waals surface area contributed by atoms with Gasteiger partial charge in [-0.05, 0) is 48.9 Å². The molecule has 1 saturated heterocycles. The lowest BCUT2D eigenvalue weighted by Gasteiger charge is -2.26. The van der Waals surface area contributed by atoms with Crippen molar-refractivity contribution in [2.45, 2.75) is 24.7 Å². The number of unbranched alkanes of at least 4 members (excludes halogenated alkanes) is 1. The van der Waals surface area contributed by atoms with Gasteiger partial charge in [-0.3, -0.25) is 4.79 Å². The maximum Gasteiger partial charge on any atom is 0.255 e. The third-order valence-corrected chi connectivity index (χ3v) is 6.50. The third-order valence-electron chi connectivity index (χ3n) is 4.58. The lowest BCUT2D eigenvalue weighted by molar-refractivity contribution is 0.0730. The number of carbonyl (C=O) groups is 1. The summed E-state index contributed by atoms with van der Waals surface area (Å²) in [5.74, 6) is 0.368. The van der Waals surface area contributed by atoms with Crippen LogP contribution in [0.25, 0.3) is 0 Å². The zero-order chi connectivity index (χ0) is 20.7. The van der Waals surface area contributed by atoms with Crippen LogP contribution >= 0.6 is 0 Å². The fraction of sp³-hybridized carbons (Fsp3) is 0.381. The van der Waals surface area contributed by atoms with Gasteiger partial charge in [0.2, 0.25) is 10.0 Å². The lowest BCUT2D eigenvalue weighted by atomic mass is 10.2. The second kappa shape index (κ2) is 9.87. The van der Waals surface area contributed by atoms with E-state index in [0.717, 1.165) is 12.8 Å². The number of sulfonamides is 1. The van der Waals surface area contributed by atoms with Gasteiger partial charge in [-0.15, -0.1) is 0 Å². The second-order valence-corrected chi connectivity index (χ2v) is 8.66. The molecular weight excluding hydrogens is 392 g/mol. The number of hydrogen-bond donors (Lipinski definition) is 1. The Hall–Kier alpha value is -2.42. The Bertz CT molecular complexity index is 922. The molecule has 156 valence electrons. The highest BCUT2D eigenvalue weighted by Crippen LogP contribution is 2.20. The van der Waals surface area contributed by atoms with Crippen LogP contribution in [0.3, 0.4) is 0 Å². The molecule has 3 rings (SSSR count). The van der Waals surface area contributed by atoms with Gasteiger partial charge in [-0.1, -0.05) is 19.4 Å². The first-order valence-electron chi connectivity index (χ1n) is 9.73. The molecule has 0 aliphatic carbocycles. The number of hydrogen-bond acceptors (Lipinski definition) is 5. The molecule has 0 bridgehead atoms. The van der Waals surface area contributed by atoms with Crippen LogP contribution in [-0.2, 0) is 14.8 Å². The summed E-state index contributed by atoms with van der Waals surface area (Å²) < 4.78 is 37.6. The van der Waals surface area contributed by atoms with E-state index in [0.29, 0.717) is 49.9 Å². The SMILES string of the molecule is CCCCOc1cccc(C(=O)Nc2ccc(S(=O)(=O)N3CCOCC3)cc2)c1. The summed E-state index contributed by atoms with van der Waals surface area (Å²) in [5.41, 5.74) is 0.997. The van der Waals surface area contributed by atoms with E-state index in [-0.39, 0.29) is 10.8 Å². The molecule has 7 nitrogen and oxygen atoms in total. The Morgan fingerprint density at radius 2 is 1.86 bits per heavy atom. The van der Waals surface area contributed by atoms with E-state index in [2.05, 4.69) is 12.2 Å². The number of nitrogens with zero attached hydrogens (tertiary/aromatic N) is 1. The van der Waals surface area contributed by atoms with E-state index in [4.69, 9.17) is 9.47 Å². The normalized spacial score (nSPS) is 15.1. The van der Waals surface area contributed by atoms with Crippen molar-refractivity contribution in [2.75, 3.05) is 38.2 Å². The molecule has 0 spiro atoms. The number of nitrogens with one attached hydrogen (secondary N) is 1. The van der Waals surface area contributed by atoms with Crippen LogP contribution in [0, 0.1) is 0 Å². The Morgan fingerprint density at radius 1 is 1.14 bits per heavy atom. The van der Waals surface area contributed by atoms with Gasteiger partial charge in [0, 0.05) is 24.3 Å². The van der Waals surface area contributed by atoms with Crippen LogP contribution in [0.15, 0.2) is 53.4 Å². The summed E-state index contributed by atoms with van der Waals surface area (Å²) in [5, 5.41) is 2.79. The summed E-state index contributed by atoms with van der Waals surface area (Å²) in [4.78, 5) is 12.7. The number of rotatable bonds is 8. The Kier molecular flexibility index (Phi) is 7.24. The average molecular weight is 419 g/mol. The quantitative estimate of drug-likeness (QED) is 0.666. The highest BCUT2D eigenvalue weighted by atomic mass is 32.2. The standard InChI is InChI=1S/C21H26N2O5S/c1-2-3-13-28-19-6-4-5-17(16-19)21(24)22-18-7-9-20(10-8-18)29(25,26)23-11-14-27-15-12-23/h4-10,16H,2-3,11-15H2,1H3,(H,22,24). The maximum absolute atomic E-state index is 12.7. The van der Waals surface area contributed by atoms with Crippen molar-refractivity contribution >= 4 is 21.6 Å². The van der Waals surface area contributed by atoms with Crippen LogP contribution in [0.2, 0.25) is 0 Å². The summed E-state index contributed by atoms with van der Waals surface area (Å²) in [6, 6.07) is 13.2. The van der Waals surface area contributed by atoms with E-state index < -0.39 is 10.0 Å². The molecule has 29 heavy (non-hydrogen) atoms. The van der Waals surface area contributed by atoms with E-state index in [1.165, 1.54) is 16.4 Å². The molecule has 2 aromatic carbocycles. The number of morpholine rings is 1. The van der Waals surface area contributed by atoms with Crippen LogP contribution in [-0.4, -0.2) is 51.5 Å². The molecular formula is C21H26N2O5S. The zero-order valence-corrected chi connectivity index (χ0v) is 17.3.